The number of carbonyl (C=O) groups is 2. The van der Waals surface area contributed by atoms with Crippen LogP contribution in [0.3, 0.4) is 0 Å². The summed E-state index contributed by atoms with van der Waals surface area (Å²) in [5, 5.41) is 8.78. The number of hydrogen-bond donors (Lipinski definition) is 2. The van der Waals surface area contributed by atoms with E-state index in [1.54, 1.807) is 7.11 Å². The molecule has 4 rings (SSSR count). The van der Waals surface area contributed by atoms with Crippen LogP contribution in [0.25, 0.3) is 10.8 Å². The number of methoxy groups -OCH3 is 1. The smallest absolute Gasteiger partial charge is 0.251 e. The van der Waals surface area contributed by atoms with Gasteiger partial charge >= 0.3 is 0 Å². The van der Waals surface area contributed by atoms with E-state index in [9.17, 15) is 9.59 Å². The van der Waals surface area contributed by atoms with Crippen molar-refractivity contribution in [2.24, 2.45) is 0 Å². The zero-order chi connectivity index (χ0) is 26.2. The van der Waals surface area contributed by atoms with Crippen molar-refractivity contribution in [3.05, 3.63) is 81.4 Å². The van der Waals surface area contributed by atoms with Crippen LogP contribution in [0, 0.1) is 3.57 Å². The Morgan fingerprint density at radius 2 is 1.89 bits per heavy atom. The normalized spacial score (nSPS) is 19.0. The first-order valence-electron chi connectivity index (χ1n) is 13.0. The minimum atomic E-state index is -0.333. The first-order chi connectivity index (χ1) is 18.0. The topological polar surface area (TPSA) is 70.7 Å². The maximum Gasteiger partial charge on any atom is 0.251 e. The highest BCUT2D eigenvalue weighted by Crippen LogP contribution is 2.23. The number of nitrogens with one attached hydrogen (secondary N) is 2. The molecular weight excluding hydrogens is 577 g/mol. The fourth-order valence-electron chi connectivity index (χ4n) is 5.00. The van der Waals surface area contributed by atoms with E-state index in [0.29, 0.717) is 44.1 Å². The van der Waals surface area contributed by atoms with Gasteiger partial charge in [0.2, 0.25) is 5.91 Å². The van der Waals surface area contributed by atoms with Gasteiger partial charge in [-0.3, -0.25) is 9.59 Å². The van der Waals surface area contributed by atoms with Crippen LogP contribution in [0.1, 0.15) is 48.0 Å². The number of halogens is 1. The summed E-state index contributed by atoms with van der Waals surface area (Å²) in [6.07, 6.45) is 2.34. The molecule has 1 saturated heterocycles. The monoisotopic (exact) mass is 613 g/mol. The van der Waals surface area contributed by atoms with Gasteiger partial charge < -0.3 is 20.3 Å². The molecule has 3 aromatic carbocycles. The minimum Gasteiger partial charge on any atom is -0.385 e. The van der Waals surface area contributed by atoms with Gasteiger partial charge in [-0.2, -0.15) is 0 Å². The lowest BCUT2D eigenvalue weighted by Crippen LogP contribution is -2.49. The predicted molar refractivity (Wildman–Crippen MR) is 157 cm³/mol. The Balaban J connectivity index is 1.42. The Bertz CT molecular complexity index is 1200. The third-order valence-electron chi connectivity index (χ3n) is 7.18. The molecule has 0 spiro atoms. The number of amides is 2. The highest BCUT2D eigenvalue weighted by Gasteiger charge is 2.32. The van der Waals surface area contributed by atoms with Crippen molar-refractivity contribution in [1.29, 1.82) is 0 Å². The van der Waals surface area contributed by atoms with Crippen LogP contribution in [0.15, 0.2) is 66.7 Å². The molecule has 0 radical (unpaired) electrons. The van der Waals surface area contributed by atoms with Crippen LogP contribution in [-0.2, 0) is 9.53 Å². The molecule has 3 aromatic rings. The van der Waals surface area contributed by atoms with Crippen LogP contribution >= 0.6 is 22.6 Å². The maximum atomic E-state index is 13.5. The SMILES string of the molecule is CC[C@H](CN1CC[C@@H](CNC(=O)c2ccc3cc(I)ccc3c2)N[C@@H](CCOC)C1=O)c1ccccc1. The highest BCUT2D eigenvalue weighted by atomic mass is 127. The number of carbonyl (C=O) groups excluding carboxylic acids is 2. The van der Waals surface area contributed by atoms with Gasteiger partial charge in [0.05, 0.1) is 6.04 Å². The first-order valence-corrected chi connectivity index (χ1v) is 14.1. The molecule has 0 saturated carbocycles. The van der Waals surface area contributed by atoms with E-state index in [-0.39, 0.29) is 23.9 Å². The van der Waals surface area contributed by atoms with Gasteiger partial charge in [0.1, 0.15) is 0 Å². The lowest BCUT2D eigenvalue weighted by atomic mass is 9.95. The second kappa shape index (κ2) is 13.3. The molecule has 196 valence electrons. The number of rotatable bonds is 10. The van der Waals surface area contributed by atoms with Crippen molar-refractivity contribution in [3.8, 4) is 0 Å². The molecule has 0 unspecified atom stereocenters. The Labute approximate surface area is 233 Å². The summed E-state index contributed by atoms with van der Waals surface area (Å²) in [7, 11) is 1.66. The molecule has 1 aliphatic heterocycles. The fraction of sp³-hybridized carbons (Fsp3) is 0.400. The van der Waals surface area contributed by atoms with Crippen LogP contribution in [0.5, 0.6) is 0 Å². The average Bonchev–Trinajstić information content (AvgIpc) is 3.07. The number of fused-ring (bicyclic) bond motifs is 1. The van der Waals surface area contributed by atoms with E-state index in [4.69, 9.17) is 4.74 Å². The van der Waals surface area contributed by atoms with E-state index in [0.717, 1.165) is 23.6 Å². The predicted octanol–water partition coefficient (Wildman–Crippen LogP) is 4.96. The summed E-state index contributed by atoms with van der Waals surface area (Å²) in [5.74, 6) is 0.309. The Morgan fingerprint density at radius 1 is 1.14 bits per heavy atom. The molecule has 7 heteroatoms. The lowest BCUT2D eigenvalue weighted by molar-refractivity contribution is -0.133. The van der Waals surface area contributed by atoms with Gasteiger partial charge in [-0.05, 0) is 82.5 Å². The molecule has 0 aromatic heterocycles. The van der Waals surface area contributed by atoms with Crippen LogP contribution in [0.2, 0.25) is 0 Å². The van der Waals surface area contributed by atoms with Gasteiger partial charge in [-0.25, -0.2) is 0 Å². The van der Waals surface area contributed by atoms with E-state index < -0.39 is 0 Å². The summed E-state index contributed by atoms with van der Waals surface area (Å²) in [4.78, 5) is 28.5. The summed E-state index contributed by atoms with van der Waals surface area (Å²) < 4.78 is 6.46. The Kier molecular flexibility index (Phi) is 9.94. The summed E-state index contributed by atoms with van der Waals surface area (Å²) >= 11 is 2.29. The van der Waals surface area contributed by atoms with E-state index >= 15 is 0 Å². The largest absolute Gasteiger partial charge is 0.385 e. The van der Waals surface area contributed by atoms with Gasteiger partial charge in [0, 0.05) is 54.4 Å². The highest BCUT2D eigenvalue weighted by molar-refractivity contribution is 14.1. The molecule has 1 aliphatic rings. The molecule has 3 atom stereocenters. The quantitative estimate of drug-likeness (QED) is 0.317. The van der Waals surface area contributed by atoms with Crippen LogP contribution in [-0.4, -0.2) is 62.1 Å². The zero-order valence-electron chi connectivity index (χ0n) is 21.6. The summed E-state index contributed by atoms with van der Waals surface area (Å²) in [5.41, 5.74) is 1.90. The minimum absolute atomic E-state index is 0.00130. The van der Waals surface area contributed by atoms with Gasteiger partial charge in [-0.15, -0.1) is 0 Å². The van der Waals surface area contributed by atoms with Crippen molar-refractivity contribution >= 4 is 45.2 Å². The zero-order valence-corrected chi connectivity index (χ0v) is 23.7. The number of benzene rings is 3. The number of ether oxygens (including phenoxy) is 1. The Morgan fingerprint density at radius 3 is 2.65 bits per heavy atom. The molecule has 2 N–H and O–H groups in total. The van der Waals surface area contributed by atoms with Gasteiger partial charge in [0.15, 0.2) is 0 Å². The molecule has 1 heterocycles. The molecule has 2 amide bonds. The lowest BCUT2D eigenvalue weighted by Gasteiger charge is -2.28. The van der Waals surface area contributed by atoms with Crippen molar-refractivity contribution in [2.75, 3.05) is 33.4 Å². The molecule has 0 bridgehead atoms. The van der Waals surface area contributed by atoms with Crippen LogP contribution in [0.4, 0.5) is 0 Å². The Hall–Kier alpha value is -2.49. The first kappa shape index (κ1) is 27.5. The summed E-state index contributed by atoms with van der Waals surface area (Å²) in [6.45, 7) is 4.49. The van der Waals surface area contributed by atoms with Crippen molar-refractivity contribution in [1.82, 2.24) is 15.5 Å². The maximum absolute atomic E-state index is 13.5. The van der Waals surface area contributed by atoms with E-state index in [2.05, 4.69) is 70.5 Å². The van der Waals surface area contributed by atoms with Gasteiger partial charge in [-0.1, -0.05) is 49.4 Å². The van der Waals surface area contributed by atoms with Crippen molar-refractivity contribution in [3.63, 3.8) is 0 Å². The molecule has 0 aliphatic carbocycles. The van der Waals surface area contributed by atoms with E-state index in [1.165, 1.54) is 9.13 Å². The second-order valence-electron chi connectivity index (χ2n) is 9.70. The summed E-state index contributed by atoms with van der Waals surface area (Å²) in [6, 6.07) is 22.1. The third-order valence-corrected chi connectivity index (χ3v) is 7.85. The molecule has 6 nitrogen and oxygen atoms in total. The number of nitrogens with zero attached hydrogens (tertiary/aromatic N) is 1. The molecule has 1 fully saturated rings. The standard InChI is InChI=1S/C30H36IN3O3/c1-3-21(22-7-5-4-6-8-22)20-34-15-13-27(33-28(30(34)36)14-16-37-2)19-32-29(35)25-10-9-24-18-26(31)12-11-23(24)17-25/h4-12,17-18,21,27-28,33H,3,13-16,19-20H2,1-2H3,(H,32,35)/t21-,27+,28+/m1/s1. The number of hydrogen-bond acceptors (Lipinski definition) is 4. The van der Waals surface area contributed by atoms with E-state index in [1.807, 2.05) is 41.3 Å². The fourth-order valence-corrected chi connectivity index (χ4v) is 5.52. The molecule has 37 heavy (non-hydrogen) atoms. The average molecular weight is 614 g/mol. The van der Waals surface area contributed by atoms with Gasteiger partial charge in [0.25, 0.3) is 5.91 Å². The van der Waals surface area contributed by atoms with Crippen molar-refractivity contribution in [2.45, 2.75) is 44.2 Å². The second-order valence-corrected chi connectivity index (χ2v) is 10.9. The van der Waals surface area contributed by atoms with Crippen LogP contribution < -0.4 is 10.6 Å². The third kappa shape index (κ3) is 7.30. The van der Waals surface area contributed by atoms with Crippen molar-refractivity contribution < 1.29 is 14.3 Å². The molecular formula is C30H36IN3O3.